The predicted octanol–water partition coefficient (Wildman–Crippen LogP) is 8.16. The number of hydrogen-bond acceptors (Lipinski definition) is 3. The Morgan fingerprint density at radius 3 is 2.29 bits per heavy atom. The van der Waals surface area contributed by atoms with Gasteiger partial charge in [-0.1, -0.05) is 69.0 Å². The molecule has 0 atom stereocenters. The Morgan fingerprint density at radius 1 is 0.789 bits per heavy atom. The van der Waals surface area contributed by atoms with E-state index in [9.17, 15) is 0 Å². The van der Waals surface area contributed by atoms with Gasteiger partial charge in [-0.05, 0) is 29.9 Å². The van der Waals surface area contributed by atoms with Crippen LogP contribution in [-0.4, -0.2) is 18.0 Å². The molecule has 6 aromatic rings. The van der Waals surface area contributed by atoms with E-state index in [0.717, 1.165) is 27.6 Å². The Bertz CT molecular complexity index is 1820. The van der Waals surface area contributed by atoms with E-state index in [1.165, 1.54) is 29.6 Å². The summed E-state index contributed by atoms with van der Waals surface area (Å²) in [6.45, 7) is 2.71. The van der Waals surface area contributed by atoms with E-state index >= 15 is 0 Å². The second-order valence-corrected chi connectivity index (χ2v) is 14.9. The maximum Gasteiger partial charge on any atom is 0.218 e. The summed E-state index contributed by atoms with van der Waals surface area (Å²) < 4.78 is 49.5. The van der Waals surface area contributed by atoms with Crippen LogP contribution in [0.5, 0.6) is 0 Å². The summed E-state index contributed by atoms with van der Waals surface area (Å²) in [6, 6.07) is 32.4. The topological polar surface area (TPSA) is 38.9 Å². The summed E-state index contributed by atoms with van der Waals surface area (Å²) in [6.07, 6.45) is 1.30. The number of aryl methyl sites for hydroxylation is 2. The maximum absolute atomic E-state index is 7.28. The number of aromatic nitrogens is 2. The van der Waals surface area contributed by atoms with Crippen LogP contribution in [0.3, 0.4) is 0 Å². The molecular formula is C33H30IrN2OSi-2. The van der Waals surface area contributed by atoms with E-state index in [0.29, 0.717) is 17.0 Å². The maximum atomic E-state index is 7.28. The Morgan fingerprint density at radius 2 is 1.58 bits per heavy atom. The molecule has 0 aliphatic heterocycles. The average Bonchev–Trinajstić information content (AvgIpc) is 3.34. The van der Waals surface area contributed by atoms with Gasteiger partial charge in [0.05, 0.1) is 8.07 Å². The molecule has 3 aromatic carbocycles. The van der Waals surface area contributed by atoms with Gasteiger partial charge in [0.15, 0.2) is 0 Å². The molecule has 193 valence electrons. The summed E-state index contributed by atoms with van der Waals surface area (Å²) in [5.41, 5.74) is 5.07. The monoisotopic (exact) mass is 697 g/mol. The van der Waals surface area contributed by atoms with E-state index < -0.39 is 21.8 Å². The molecule has 0 bridgehead atoms. The van der Waals surface area contributed by atoms with Crippen molar-refractivity contribution in [2.24, 2.45) is 0 Å². The number of para-hydroxylation sites is 1. The van der Waals surface area contributed by atoms with E-state index in [-0.39, 0.29) is 31.2 Å². The second kappa shape index (κ2) is 11.6. The number of furan rings is 1. The summed E-state index contributed by atoms with van der Waals surface area (Å²) >= 11 is 0. The molecule has 0 N–H and O–H groups in total. The molecule has 0 fully saturated rings. The van der Waals surface area contributed by atoms with Crippen LogP contribution in [0.15, 0.2) is 95.5 Å². The van der Waals surface area contributed by atoms with E-state index in [1.54, 1.807) is 12.1 Å². The van der Waals surface area contributed by atoms with Crippen LogP contribution >= 0.6 is 0 Å². The van der Waals surface area contributed by atoms with Crippen LogP contribution in [0.1, 0.15) is 19.4 Å². The van der Waals surface area contributed by atoms with Crippen LogP contribution in [-0.2, 0) is 20.1 Å². The zero-order valence-corrected chi connectivity index (χ0v) is 24.7. The molecule has 5 heteroatoms. The zero-order valence-electron chi connectivity index (χ0n) is 27.3. The summed E-state index contributed by atoms with van der Waals surface area (Å²) in [5.74, 6) is 0. The summed E-state index contributed by atoms with van der Waals surface area (Å²) in [4.78, 5) is 8.80. The fourth-order valence-electron chi connectivity index (χ4n) is 3.97. The fourth-order valence-corrected chi connectivity index (χ4v) is 5.13. The third-order valence-corrected chi connectivity index (χ3v) is 8.08. The first-order valence-corrected chi connectivity index (χ1v) is 15.5. The molecular weight excluding hydrogens is 661 g/mol. The number of nitrogens with zero attached hydrogens (tertiary/aromatic N) is 2. The smallest absolute Gasteiger partial charge is 0.218 e. The third kappa shape index (κ3) is 6.19. The van der Waals surface area contributed by atoms with Crippen molar-refractivity contribution < 1.29 is 32.7 Å². The molecule has 0 spiro atoms. The van der Waals surface area contributed by atoms with E-state index in [4.69, 9.17) is 17.6 Å². The van der Waals surface area contributed by atoms with Crippen molar-refractivity contribution in [1.29, 1.82) is 0 Å². The minimum Gasteiger partial charge on any atom is -0.439 e. The van der Waals surface area contributed by atoms with Crippen molar-refractivity contribution in [1.82, 2.24) is 9.97 Å². The molecule has 3 aromatic heterocycles. The number of fused-ring (bicyclic) bond motifs is 3. The average molecular weight is 697 g/mol. The largest absolute Gasteiger partial charge is 0.439 e. The first kappa shape index (κ1) is 20.6. The number of rotatable bonds is 3. The van der Waals surface area contributed by atoms with E-state index in [2.05, 4.69) is 67.1 Å². The standard InChI is InChI=1S/C20H18NOSi.C13H12N.Ir/c1-23(2,3)15-8-6-7-14(13-15)18-12-11-17-16-9-4-5-10-19(16)22-20(17)21-18;1-10-3-6-12(7-4-10)13-8-5-11(2)9-14-13;/h4-6,8-13H,1-3H3;3-6,8-9H,1-2H3;/q2*-1;/i;1D3,2D3;. The molecule has 6 rings (SSSR count). The van der Waals surface area contributed by atoms with Crippen molar-refractivity contribution in [3.8, 4) is 22.5 Å². The minimum absolute atomic E-state index is 0. The first-order valence-electron chi connectivity index (χ1n) is 15.0. The Balaban J connectivity index is 0.000000199. The van der Waals surface area contributed by atoms with Crippen LogP contribution in [0.2, 0.25) is 19.6 Å². The third-order valence-electron chi connectivity index (χ3n) is 6.04. The zero-order chi connectivity index (χ0) is 31.0. The van der Waals surface area contributed by atoms with Gasteiger partial charge in [0.25, 0.3) is 0 Å². The van der Waals surface area contributed by atoms with Crippen molar-refractivity contribution in [2.75, 3.05) is 0 Å². The molecule has 3 heterocycles. The van der Waals surface area contributed by atoms with Crippen molar-refractivity contribution in [3.05, 3.63) is 114 Å². The van der Waals surface area contributed by atoms with Gasteiger partial charge in [-0.3, -0.25) is 4.98 Å². The fraction of sp³-hybridized carbons (Fsp3) is 0.152. The van der Waals surface area contributed by atoms with Crippen LogP contribution in [0.25, 0.3) is 44.6 Å². The molecule has 0 saturated heterocycles. The molecule has 0 amide bonds. The number of pyridine rings is 2. The number of hydrogen-bond donors (Lipinski definition) is 0. The predicted molar refractivity (Wildman–Crippen MR) is 157 cm³/mol. The Hall–Kier alpha value is -3.37. The van der Waals surface area contributed by atoms with Crippen LogP contribution in [0.4, 0.5) is 0 Å². The molecule has 0 saturated carbocycles. The number of benzene rings is 3. The summed E-state index contributed by atoms with van der Waals surface area (Å²) in [7, 11) is -1.35. The summed E-state index contributed by atoms with van der Waals surface area (Å²) in [5, 5.41) is 3.59. The van der Waals surface area contributed by atoms with Gasteiger partial charge < -0.3 is 9.40 Å². The molecule has 0 aliphatic carbocycles. The first-order chi connectivity index (χ1) is 20.2. The van der Waals surface area contributed by atoms with E-state index in [1.807, 2.05) is 24.3 Å². The Kier molecular flexibility index (Phi) is 6.26. The molecule has 0 unspecified atom stereocenters. The van der Waals surface area contributed by atoms with Gasteiger partial charge in [-0.15, -0.1) is 70.4 Å². The minimum atomic E-state index is -2.18. The molecule has 38 heavy (non-hydrogen) atoms. The van der Waals surface area contributed by atoms with Gasteiger partial charge >= 0.3 is 0 Å². The van der Waals surface area contributed by atoms with Crippen LogP contribution in [0, 0.1) is 25.8 Å². The van der Waals surface area contributed by atoms with Crippen molar-refractivity contribution in [3.63, 3.8) is 0 Å². The van der Waals surface area contributed by atoms with Crippen LogP contribution < -0.4 is 5.19 Å². The van der Waals surface area contributed by atoms with Crippen molar-refractivity contribution >= 4 is 35.3 Å². The van der Waals surface area contributed by atoms with Gasteiger partial charge in [0.2, 0.25) is 5.71 Å². The molecule has 0 aliphatic rings. The van der Waals surface area contributed by atoms with Gasteiger partial charge in [-0.25, -0.2) is 0 Å². The van der Waals surface area contributed by atoms with Gasteiger partial charge in [-0.2, -0.15) is 0 Å². The normalized spacial score (nSPS) is 14.1. The van der Waals surface area contributed by atoms with Gasteiger partial charge in [0, 0.05) is 45.3 Å². The molecule has 1 radical (unpaired) electrons. The second-order valence-electron chi connectivity index (χ2n) is 9.81. The van der Waals surface area contributed by atoms with Crippen molar-refractivity contribution in [2.45, 2.75) is 33.3 Å². The Labute approximate surface area is 247 Å². The molecule has 3 nitrogen and oxygen atoms in total. The SMILES string of the molecule is C[Si](C)(C)c1cc[c-]c(-c2ccc3c(n2)oc2ccccc23)c1.[2H]C([2H])([2H])c1c[c-]c(-c2ccc(C([2H])([2H])[2H])cn2)cc1.[Ir]. The van der Waals surface area contributed by atoms with Gasteiger partial charge in [0.1, 0.15) is 5.58 Å². The quantitative estimate of drug-likeness (QED) is 0.139.